The molecule has 0 aliphatic heterocycles. The first kappa shape index (κ1) is 16.5. The Kier molecular flexibility index (Phi) is 4.87. The second-order valence-electron chi connectivity index (χ2n) is 4.09. The topological polar surface area (TPSA) is 54.3 Å². The second-order valence-corrected chi connectivity index (χ2v) is 5.28. The summed E-state index contributed by atoms with van der Waals surface area (Å²) in [7, 11) is 0. The maximum Gasteiger partial charge on any atom is 0.416 e. The molecule has 0 atom stereocenters. The van der Waals surface area contributed by atoms with E-state index >= 15 is 0 Å². The molecule has 0 unspecified atom stereocenters. The molecule has 1 aromatic heterocycles. The number of carbonyl (C=O) groups is 1. The summed E-state index contributed by atoms with van der Waals surface area (Å²) >= 11 is 7.92. The molecular formula is C13H8BrF3N2O2S. The smallest absolute Gasteiger partial charge is 0.416 e. The molecule has 22 heavy (non-hydrogen) atoms. The third-order valence-electron chi connectivity index (χ3n) is 2.47. The molecule has 4 nitrogen and oxygen atoms in total. The Bertz CT molecular complexity index is 715. The molecule has 0 radical (unpaired) electrons. The van der Waals surface area contributed by atoms with E-state index in [1.807, 2.05) is 0 Å². The van der Waals surface area contributed by atoms with Crippen LogP contribution in [0.4, 0.5) is 18.9 Å². The zero-order valence-electron chi connectivity index (χ0n) is 10.7. The lowest BCUT2D eigenvalue weighted by Gasteiger charge is -2.11. The van der Waals surface area contributed by atoms with E-state index < -0.39 is 17.6 Å². The minimum absolute atomic E-state index is 0.0140. The maximum absolute atomic E-state index is 12.6. The largest absolute Gasteiger partial charge is 0.444 e. The number of alkyl halides is 3. The zero-order chi connectivity index (χ0) is 16.3. The third kappa shape index (κ3) is 4.31. The summed E-state index contributed by atoms with van der Waals surface area (Å²) in [5, 5.41) is 4.67. The predicted octanol–water partition coefficient (Wildman–Crippen LogP) is 4.19. The Hall–Kier alpha value is -1.87. The minimum Gasteiger partial charge on any atom is -0.444 e. The maximum atomic E-state index is 12.6. The van der Waals surface area contributed by atoms with Crippen molar-refractivity contribution < 1.29 is 22.4 Å². The molecule has 0 bridgehead atoms. The van der Waals surface area contributed by atoms with Gasteiger partial charge in [0.25, 0.3) is 5.91 Å². The number of furan rings is 1. The highest BCUT2D eigenvalue weighted by Gasteiger charge is 2.30. The van der Waals surface area contributed by atoms with Gasteiger partial charge in [-0.05, 0) is 58.5 Å². The molecule has 0 spiro atoms. The van der Waals surface area contributed by atoms with E-state index in [1.54, 1.807) is 0 Å². The first-order valence-electron chi connectivity index (χ1n) is 5.80. The number of thiocarbonyl (C=S) groups is 1. The van der Waals surface area contributed by atoms with Crippen LogP contribution in [0.15, 0.2) is 45.5 Å². The van der Waals surface area contributed by atoms with Gasteiger partial charge in [0, 0.05) is 5.69 Å². The molecule has 9 heteroatoms. The molecule has 2 N–H and O–H groups in total. The van der Waals surface area contributed by atoms with Gasteiger partial charge in [0.1, 0.15) is 0 Å². The molecule has 0 aliphatic rings. The molecule has 0 fully saturated rings. The summed E-state index contributed by atoms with van der Waals surface area (Å²) in [6, 6.07) is 7.41. The molecule has 2 rings (SSSR count). The quantitative estimate of drug-likeness (QED) is 0.752. The summed E-state index contributed by atoms with van der Waals surface area (Å²) in [5.74, 6) is -0.602. The Balaban J connectivity index is 2.02. The Morgan fingerprint density at radius 3 is 2.55 bits per heavy atom. The first-order chi connectivity index (χ1) is 10.3. The van der Waals surface area contributed by atoms with Crippen LogP contribution in [0.1, 0.15) is 16.1 Å². The van der Waals surface area contributed by atoms with E-state index in [2.05, 4.69) is 26.6 Å². The van der Waals surface area contributed by atoms with E-state index in [0.717, 1.165) is 12.1 Å². The van der Waals surface area contributed by atoms with Crippen molar-refractivity contribution >= 4 is 44.9 Å². The highest BCUT2D eigenvalue weighted by atomic mass is 79.9. The van der Waals surface area contributed by atoms with E-state index in [4.69, 9.17) is 16.6 Å². The summed E-state index contributed by atoms with van der Waals surface area (Å²) in [4.78, 5) is 11.8. The van der Waals surface area contributed by atoms with Crippen LogP contribution in [0, 0.1) is 0 Å². The lowest BCUT2D eigenvalue weighted by molar-refractivity contribution is -0.137. The lowest BCUT2D eigenvalue weighted by atomic mass is 10.2. The monoisotopic (exact) mass is 392 g/mol. The molecule has 1 heterocycles. The number of nitrogens with one attached hydrogen (secondary N) is 2. The summed E-state index contributed by atoms with van der Waals surface area (Å²) in [6.45, 7) is 0. The lowest BCUT2D eigenvalue weighted by Crippen LogP contribution is -2.33. The van der Waals surface area contributed by atoms with Crippen LogP contribution in [0.5, 0.6) is 0 Å². The molecule has 0 aliphatic carbocycles. The average Bonchev–Trinajstić information content (AvgIpc) is 2.84. The Morgan fingerprint density at radius 1 is 1.23 bits per heavy atom. The van der Waals surface area contributed by atoms with Crippen LogP contribution in [0.25, 0.3) is 0 Å². The van der Waals surface area contributed by atoms with Gasteiger partial charge in [0.2, 0.25) is 0 Å². The van der Waals surface area contributed by atoms with Gasteiger partial charge in [-0.15, -0.1) is 0 Å². The van der Waals surface area contributed by atoms with E-state index in [9.17, 15) is 18.0 Å². The predicted molar refractivity (Wildman–Crippen MR) is 81.5 cm³/mol. The number of carbonyl (C=O) groups excluding carboxylic acids is 1. The fourth-order valence-corrected chi connectivity index (χ4v) is 2.05. The van der Waals surface area contributed by atoms with Crippen molar-refractivity contribution in [3.8, 4) is 0 Å². The van der Waals surface area contributed by atoms with Crippen molar-refractivity contribution in [1.29, 1.82) is 0 Å². The van der Waals surface area contributed by atoms with Gasteiger partial charge < -0.3 is 9.73 Å². The van der Waals surface area contributed by atoms with E-state index in [1.165, 1.54) is 24.3 Å². The van der Waals surface area contributed by atoms with Gasteiger partial charge in [0.05, 0.1) is 5.56 Å². The van der Waals surface area contributed by atoms with Crippen molar-refractivity contribution in [2.75, 3.05) is 5.32 Å². The van der Waals surface area contributed by atoms with Gasteiger partial charge in [-0.3, -0.25) is 10.1 Å². The highest BCUT2D eigenvalue weighted by Crippen LogP contribution is 2.30. The molecular weight excluding hydrogens is 385 g/mol. The van der Waals surface area contributed by atoms with Crippen LogP contribution in [0.3, 0.4) is 0 Å². The van der Waals surface area contributed by atoms with Crippen molar-refractivity contribution in [3.05, 3.63) is 52.4 Å². The van der Waals surface area contributed by atoms with Gasteiger partial charge >= 0.3 is 6.18 Å². The number of halogens is 4. The zero-order valence-corrected chi connectivity index (χ0v) is 13.1. The second kappa shape index (κ2) is 6.49. The van der Waals surface area contributed by atoms with Crippen molar-refractivity contribution in [2.24, 2.45) is 0 Å². The Morgan fingerprint density at radius 2 is 1.95 bits per heavy atom. The van der Waals surface area contributed by atoms with E-state index in [0.29, 0.717) is 4.67 Å². The van der Waals surface area contributed by atoms with Crippen LogP contribution >= 0.6 is 28.1 Å². The fourth-order valence-electron chi connectivity index (χ4n) is 1.54. The number of anilines is 1. The van der Waals surface area contributed by atoms with Gasteiger partial charge in [-0.2, -0.15) is 13.2 Å². The van der Waals surface area contributed by atoms with Crippen LogP contribution in [-0.4, -0.2) is 11.0 Å². The molecule has 116 valence electrons. The van der Waals surface area contributed by atoms with Gasteiger partial charge in [-0.25, -0.2) is 0 Å². The normalized spacial score (nSPS) is 11.1. The van der Waals surface area contributed by atoms with Crippen molar-refractivity contribution in [1.82, 2.24) is 5.32 Å². The van der Waals surface area contributed by atoms with Gasteiger partial charge in [0.15, 0.2) is 15.5 Å². The standard InChI is InChI=1S/C13H8BrF3N2O2S/c14-10-5-4-9(21-10)11(20)19-12(22)18-8-3-1-2-7(6-8)13(15,16)17/h1-6H,(H2,18,19,20,22). The number of rotatable bonds is 2. The first-order valence-corrected chi connectivity index (χ1v) is 7.01. The third-order valence-corrected chi connectivity index (χ3v) is 3.10. The highest BCUT2D eigenvalue weighted by molar-refractivity contribution is 9.10. The number of amides is 1. The van der Waals surface area contributed by atoms with Crippen molar-refractivity contribution in [2.45, 2.75) is 6.18 Å². The Labute approximate surface area is 136 Å². The molecule has 0 saturated heterocycles. The minimum atomic E-state index is -4.46. The van der Waals surface area contributed by atoms with Gasteiger partial charge in [-0.1, -0.05) is 6.07 Å². The number of benzene rings is 1. The van der Waals surface area contributed by atoms with Crippen LogP contribution in [0.2, 0.25) is 0 Å². The summed E-state index contributed by atoms with van der Waals surface area (Å²) in [5.41, 5.74) is -0.706. The molecule has 1 aromatic carbocycles. The SMILES string of the molecule is O=C(NC(=S)Nc1cccc(C(F)(F)F)c1)c1ccc(Br)o1. The van der Waals surface area contributed by atoms with E-state index in [-0.39, 0.29) is 16.6 Å². The summed E-state index contributed by atoms with van der Waals surface area (Å²) < 4.78 is 43.2. The van der Waals surface area contributed by atoms with Crippen LogP contribution in [-0.2, 0) is 6.18 Å². The van der Waals surface area contributed by atoms with Crippen molar-refractivity contribution in [3.63, 3.8) is 0 Å². The molecule has 0 saturated carbocycles. The summed E-state index contributed by atoms with van der Waals surface area (Å²) in [6.07, 6.45) is -4.46. The molecule has 1 amide bonds. The fraction of sp³-hybridized carbons (Fsp3) is 0.0769. The van der Waals surface area contributed by atoms with Crippen LogP contribution < -0.4 is 10.6 Å². The molecule has 2 aromatic rings. The average molecular weight is 393 g/mol. The number of hydrogen-bond acceptors (Lipinski definition) is 3. The number of hydrogen-bond donors (Lipinski definition) is 2.